The third-order valence-electron chi connectivity index (χ3n) is 1.02. The number of aromatic amines is 2. The topological polar surface area (TPSA) is 70.7 Å². The normalized spacial score (nSPS) is 9.89. The molecule has 0 saturated heterocycles. The standard InChI is InChI=1S/C4H7N3O2/c1-2-7-4(9)5-3(8)6-7/h2H2,1H3,(H2,5,6,8,9). The van der Waals surface area contributed by atoms with Crippen LogP contribution in [0.4, 0.5) is 0 Å². The Morgan fingerprint density at radius 1 is 1.56 bits per heavy atom. The van der Waals surface area contributed by atoms with E-state index >= 15 is 0 Å². The van der Waals surface area contributed by atoms with Crippen LogP contribution in [0.1, 0.15) is 6.92 Å². The predicted octanol–water partition coefficient (Wildman–Crippen LogP) is -1.12. The van der Waals surface area contributed by atoms with Crippen molar-refractivity contribution in [2.75, 3.05) is 0 Å². The molecule has 1 heterocycles. The Bertz CT molecular complexity index is 291. The summed E-state index contributed by atoms with van der Waals surface area (Å²) in [5.41, 5.74) is -0.843. The van der Waals surface area contributed by atoms with Crippen LogP contribution < -0.4 is 11.4 Å². The number of rotatable bonds is 1. The molecule has 0 radical (unpaired) electrons. The van der Waals surface area contributed by atoms with Gasteiger partial charge in [0, 0.05) is 6.54 Å². The van der Waals surface area contributed by atoms with E-state index in [0.717, 1.165) is 0 Å². The van der Waals surface area contributed by atoms with Crippen LogP contribution in [0, 0.1) is 0 Å². The summed E-state index contributed by atoms with van der Waals surface area (Å²) in [5.74, 6) is 0. The van der Waals surface area contributed by atoms with Crippen molar-refractivity contribution in [3.63, 3.8) is 0 Å². The van der Waals surface area contributed by atoms with Crippen LogP contribution in [0.15, 0.2) is 9.59 Å². The van der Waals surface area contributed by atoms with Gasteiger partial charge in [0.15, 0.2) is 0 Å². The van der Waals surface area contributed by atoms with Crippen molar-refractivity contribution >= 4 is 0 Å². The molecular weight excluding hydrogens is 122 g/mol. The van der Waals surface area contributed by atoms with Crippen LogP contribution in [0.5, 0.6) is 0 Å². The number of hydrogen-bond donors (Lipinski definition) is 2. The van der Waals surface area contributed by atoms with Gasteiger partial charge in [0.05, 0.1) is 0 Å². The Hall–Kier alpha value is -1.26. The maximum absolute atomic E-state index is 10.5. The minimum atomic E-state index is -0.457. The van der Waals surface area contributed by atoms with Crippen LogP contribution in [0.25, 0.3) is 0 Å². The zero-order valence-electron chi connectivity index (χ0n) is 4.97. The number of nitrogens with zero attached hydrogens (tertiary/aromatic N) is 1. The summed E-state index contributed by atoms with van der Waals surface area (Å²) >= 11 is 0. The second-order valence-corrected chi connectivity index (χ2v) is 1.62. The fourth-order valence-electron chi connectivity index (χ4n) is 0.589. The van der Waals surface area contributed by atoms with Crippen LogP contribution in [-0.2, 0) is 6.54 Å². The lowest BCUT2D eigenvalue weighted by Gasteiger charge is -1.86. The minimum Gasteiger partial charge on any atom is -0.257 e. The van der Waals surface area contributed by atoms with Crippen molar-refractivity contribution in [3.8, 4) is 0 Å². The highest BCUT2D eigenvalue weighted by molar-refractivity contribution is 4.59. The quantitative estimate of drug-likeness (QED) is 0.504. The smallest absolute Gasteiger partial charge is 0.257 e. The van der Waals surface area contributed by atoms with Crippen molar-refractivity contribution in [2.24, 2.45) is 0 Å². The first-order valence-electron chi connectivity index (χ1n) is 2.63. The fourth-order valence-corrected chi connectivity index (χ4v) is 0.589. The molecule has 1 aromatic rings. The number of hydrogen-bond acceptors (Lipinski definition) is 2. The average Bonchev–Trinajstić information content (AvgIpc) is 2.10. The van der Waals surface area contributed by atoms with E-state index in [1.54, 1.807) is 6.92 Å². The maximum atomic E-state index is 10.5. The van der Waals surface area contributed by atoms with Crippen molar-refractivity contribution in [1.29, 1.82) is 0 Å². The number of aryl methyl sites for hydroxylation is 1. The molecule has 2 N–H and O–H groups in total. The van der Waals surface area contributed by atoms with E-state index in [-0.39, 0.29) is 5.69 Å². The molecule has 5 heteroatoms. The molecule has 0 bridgehead atoms. The van der Waals surface area contributed by atoms with E-state index in [0.29, 0.717) is 6.54 Å². The van der Waals surface area contributed by atoms with Gasteiger partial charge in [-0.05, 0) is 6.92 Å². The molecule has 0 amide bonds. The lowest BCUT2D eigenvalue weighted by molar-refractivity contribution is 0.629. The molecule has 9 heavy (non-hydrogen) atoms. The van der Waals surface area contributed by atoms with Gasteiger partial charge in [0.2, 0.25) is 0 Å². The minimum absolute atomic E-state index is 0.387. The Labute approximate surface area is 50.3 Å². The van der Waals surface area contributed by atoms with E-state index in [9.17, 15) is 9.59 Å². The summed E-state index contributed by atoms with van der Waals surface area (Å²) in [6.07, 6.45) is 0. The Morgan fingerprint density at radius 3 is 2.44 bits per heavy atom. The molecule has 0 fully saturated rings. The first-order valence-corrected chi connectivity index (χ1v) is 2.63. The monoisotopic (exact) mass is 129 g/mol. The van der Waals surface area contributed by atoms with Crippen molar-refractivity contribution in [2.45, 2.75) is 13.5 Å². The first kappa shape index (κ1) is 5.87. The van der Waals surface area contributed by atoms with E-state index in [1.165, 1.54) is 4.68 Å². The molecule has 0 saturated carbocycles. The lowest BCUT2D eigenvalue weighted by Crippen LogP contribution is -2.16. The molecule has 50 valence electrons. The third-order valence-corrected chi connectivity index (χ3v) is 1.02. The van der Waals surface area contributed by atoms with Crippen molar-refractivity contribution < 1.29 is 0 Å². The number of aromatic nitrogens is 3. The molecular formula is C4H7N3O2. The zero-order valence-corrected chi connectivity index (χ0v) is 4.97. The summed E-state index contributed by atoms with van der Waals surface area (Å²) < 4.78 is 1.20. The van der Waals surface area contributed by atoms with E-state index in [2.05, 4.69) is 10.1 Å². The van der Waals surface area contributed by atoms with Crippen LogP contribution >= 0.6 is 0 Å². The van der Waals surface area contributed by atoms with E-state index < -0.39 is 5.69 Å². The van der Waals surface area contributed by atoms with Gasteiger partial charge in [0.1, 0.15) is 0 Å². The first-order chi connectivity index (χ1) is 4.24. The van der Waals surface area contributed by atoms with Gasteiger partial charge in [-0.2, -0.15) is 0 Å². The third kappa shape index (κ3) is 0.933. The van der Waals surface area contributed by atoms with Gasteiger partial charge >= 0.3 is 11.4 Å². The van der Waals surface area contributed by atoms with Gasteiger partial charge in [0.25, 0.3) is 0 Å². The summed E-state index contributed by atoms with van der Waals surface area (Å²) in [6, 6.07) is 0. The Balaban J connectivity index is 3.33. The highest BCUT2D eigenvalue weighted by Gasteiger charge is 1.92. The summed E-state index contributed by atoms with van der Waals surface area (Å²) in [4.78, 5) is 22.9. The highest BCUT2D eigenvalue weighted by Crippen LogP contribution is 1.62. The number of nitrogens with one attached hydrogen (secondary N) is 2. The molecule has 5 nitrogen and oxygen atoms in total. The molecule has 0 unspecified atom stereocenters. The molecule has 0 atom stereocenters. The second-order valence-electron chi connectivity index (χ2n) is 1.62. The molecule has 0 aromatic carbocycles. The fraction of sp³-hybridized carbons (Fsp3) is 0.500. The van der Waals surface area contributed by atoms with Crippen LogP contribution in [-0.4, -0.2) is 14.8 Å². The summed E-state index contributed by atoms with van der Waals surface area (Å²) in [5, 5.41) is 2.29. The zero-order chi connectivity index (χ0) is 6.85. The molecule has 0 aliphatic carbocycles. The van der Waals surface area contributed by atoms with Crippen LogP contribution in [0.3, 0.4) is 0 Å². The SMILES string of the molecule is CCn1[nH]c(=O)[nH]c1=O. The van der Waals surface area contributed by atoms with Crippen molar-refractivity contribution in [3.05, 3.63) is 21.0 Å². The molecule has 0 aliphatic heterocycles. The lowest BCUT2D eigenvalue weighted by atomic mass is 10.8. The van der Waals surface area contributed by atoms with Gasteiger partial charge in [-0.25, -0.2) is 19.4 Å². The summed E-state index contributed by atoms with van der Waals surface area (Å²) in [7, 11) is 0. The molecule has 1 rings (SSSR count). The molecule has 1 aromatic heterocycles. The Kier molecular flexibility index (Phi) is 1.26. The largest absolute Gasteiger partial charge is 0.344 e. The predicted molar refractivity (Wildman–Crippen MR) is 31.3 cm³/mol. The van der Waals surface area contributed by atoms with E-state index in [1.807, 2.05) is 0 Å². The molecule has 0 aliphatic rings. The van der Waals surface area contributed by atoms with E-state index in [4.69, 9.17) is 0 Å². The maximum Gasteiger partial charge on any atom is 0.344 e. The van der Waals surface area contributed by atoms with Crippen molar-refractivity contribution in [1.82, 2.24) is 14.8 Å². The Morgan fingerprint density at radius 2 is 2.22 bits per heavy atom. The highest BCUT2D eigenvalue weighted by atomic mass is 16.2. The molecule has 0 spiro atoms. The number of H-pyrrole nitrogens is 2. The second kappa shape index (κ2) is 1.93. The summed E-state index contributed by atoms with van der Waals surface area (Å²) in [6.45, 7) is 2.25. The van der Waals surface area contributed by atoms with Gasteiger partial charge < -0.3 is 0 Å². The van der Waals surface area contributed by atoms with Gasteiger partial charge in [-0.3, -0.25) is 4.98 Å². The van der Waals surface area contributed by atoms with Gasteiger partial charge in [-0.15, -0.1) is 0 Å². The van der Waals surface area contributed by atoms with Gasteiger partial charge in [-0.1, -0.05) is 0 Å². The average molecular weight is 129 g/mol. The van der Waals surface area contributed by atoms with Crippen LogP contribution in [0.2, 0.25) is 0 Å².